The number of thioether (sulfide) groups is 1. The average molecular weight is 357 g/mol. The summed E-state index contributed by atoms with van der Waals surface area (Å²) >= 11 is 4.83. The van der Waals surface area contributed by atoms with E-state index in [4.69, 9.17) is 15.3 Å². The SMILES string of the molecule is COc1ccc(Oc2cc(NN)nc(SC)n2)c(Br)c1. The molecule has 6 nitrogen and oxygen atoms in total. The van der Waals surface area contributed by atoms with Gasteiger partial charge in [-0.1, -0.05) is 11.8 Å². The van der Waals surface area contributed by atoms with E-state index in [0.717, 1.165) is 10.2 Å². The summed E-state index contributed by atoms with van der Waals surface area (Å²) in [5.74, 6) is 7.63. The Labute approximate surface area is 129 Å². The van der Waals surface area contributed by atoms with Crippen molar-refractivity contribution in [3.05, 3.63) is 28.7 Å². The first kappa shape index (κ1) is 14.9. The van der Waals surface area contributed by atoms with Gasteiger partial charge in [-0.05, 0) is 40.4 Å². The van der Waals surface area contributed by atoms with Gasteiger partial charge in [-0.25, -0.2) is 10.8 Å². The van der Waals surface area contributed by atoms with E-state index in [9.17, 15) is 0 Å². The Morgan fingerprint density at radius 3 is 2.70 bits per heavy atom. The van der Waals surface area contributed by atoms with Crippen molar-refractivity contribution >= 4 is 33.5 Å². The van der Waals surface area contributed by atoms with Crippen LogP contribution in [-0.4, -0.2) is 23.3 Å². The highest BCUT2D eigenvalue weighted by Crippen LogP contribution is 2.33. The Hall–Kier alpha value is -1.51. The van der Waals surface area contributed by atoms with Crippen molar-refractivity contribution in [1.29, 1.82) is 0 Å². The average Bonchev–Trinajstić information content (AvgIpc) is 2.48. The highest BCUT2D eigenvalue weighted by atomic mass is 79.9. The minimum absolute atomic E-state index is 0.406. The van der Waals surface area contributed by atoms with E-state index < -0.39 is 0 Å². The van der Waals surface area contributed by atoms with Crippen LogP contribution in [0.2, 0.25) is 0 Å². The smallest absolute Gasteiger partial charge is 0.225 e. The summed E-state index contributed by atoms with van der Waals surface area (Å²) in [5, 5.41) is 0.570. The monoisotopic (exact) mass is 356 g/mol. The topological polar surface area (TPSA) is 82.3 Å². The number of rotatable bonds is 5. The lowest BCUT2D eigenvalue weighted by atomic mass is 10.3. The van der Waals surface area contributed by atoms with Crippen LogP contribution in [0.15, 0.2) is 33.9 Å². The lowest BCUT2D eigenvalue weighted by molar-refractivity contribution is 0.411. The maximum Gasteiger partial charge on any atom is 0.225 e. The van der Waals surface area contributed by atoms with Crippen LogP contribution in [0.3, 0.4) is 0 Å². The third-order valence-electron chi connectivity index (χ3n) is 2.37. The number of ether oxygens (including phenoxy) is 2. The van der Waals surface area contributed by atoms with Gasteiger partial charge in [0.1, 0.15) is 17.3 Å². The molecule has 0 spiro atoms. The van der Waals surface area contributed by atoms with Gasteiger partial charge < -0.3 is 14.9 Å². The van der Waals surface area contributed by atoms with Crippen molar-refractivity contribution in [2.45, 2.75) is 5.16 Å². The minimum Gasteiger partial charge on any atom is -0.497 e. The zero-order valence-electron chi connectivity index (χ0n) is 10.9. The van der Waals surface area contributed by atoms with E-state index in [-0.39, 0.29) is 0 Å². The van der Waals surface area contributed by atoms with Crippen LogP contribution < -0.4 is 20.7 Å². The molecule has 2 aromatic rings. The van der Waals surface area contributed by atoms with E-state index in [1.165, 1.54) is 11.8 Å². The van der Waals surface area contributed by atoms with Crippen LogP contribution in [0.5, 0.6) is 17.4 Å². The van der Waals surface area contributed by atoms with E-state index in [2.05, 4.69) is 31.3 Å². The number of nitrogen functional groups attached to an aromatic ring is 1. The Balaban J connectivity index is 2.29. The number of nitrogens with one attached hydrogen (secondary N) is 1. The van der Waals surface area contributed by atoms with Gasteiger partial charge in [0.25, 0.3) is 0 Å². The van der Waals surface area contributed by atoms with Crippen LogP contribution in [0.25, 0.3) is 0 Å². The maximum absolute atomic E-state index is 5.73. The van der Waals surface area contributed by atoms with Crippen LogP contribution in [0, 0.1) is 0 Å². The first-order valence-corrected chi connectivity index (χ1v) is 7.59. The molecule has 20 heavy (non-hydrogen) atoms. The number of hydrogen-bond donors (Lipinski definition) is 2. The van der Waals surface area contributed by atoms with E-state index in [1.54, 1.807) is 25.3 Å². The van der Waals surface area contributed by atoms with Crippen molar-refractivity contribution < 1.29 is 9.47 Å². The zero-order valence-corrected chi connectivity index (χ0v) is 13.3. The summed E-state index contributed by atoms with van der Waals surface area (Å²) in [6.45, 7) is 0. The number of benzene rings is 1. The fourth-order valence-electron chi connectivity index (χ4n) is 1.43. The Morgan fingerprint density at radius 2 is 2.10 bits per heavy atom. The first-order chi connectivity index (χ1) is 9.66. The maximum atomic E-state index is 5.73. The number of nitrogens with two attached hydrogens (primary N) is 1. The van der Waals surface area contributed by atoms with Crippen molar-refractivity contribution in [2.75, 3.05) is 18.8 Å². The van der Waals surface area contributed by atoms with Crippen LogP contribution in [-0.2, 0) is 0 Å². The molecule has 0 atom stereocenters. The molecule has 1 aromatic carbocycles. The molecule has 3 N–H and O–H groups in total. The summed E-state index contributed by atoms with van der Waals surface area (Å²) in [7, 11) is 1.61. The second kappa shape index (κ2) is 6.78. The number of halogens is 1. The molecular weight excluding hydrogens is 344 g/mol. The molecule has 0 aliphatic rings. The number of aromatic nitrogens is 2. The molecule has 2 rings (SSSR count). The molecule has 0 fully saturated rings. The second-order valence-corrected chi connectivity index (χ2v) is 5.25. The summed E-state index contributed by atoms with van der Waals surface area (Å²) < 4.78 is 11.6. The highest BCUT2D eigenvalue weighted by Gasteiger charge is 2.08. The Kier molecular flexibility index (Phi) is 5.05. The minimum atomic E-state index is 0.406. The largest absolute Gasteiger partial charge is 0.497 e. The predicted molar refractivity (Wildman–Crippen MR) is 82.4 cm³/mol. The fourth-order valence-corrected chi connectivity index (χ4v) is 2.23. The second-order valence-electron chi connectivity index (χ2n) is 3.62. The van der Waals surface area contributed by atoms with Gasteiger partial charge in [-0.3, -0.25) is 0 Å². The molecule has 1 aromatic heterocycles. The third kappa shape index (κ3) is 3.53. The molecule has 0 bridgehead atoms. The van der Waals surface area contributed by atoms with E-state index in [0.29, 0.717) is 22.6 Å². The van der Waals surface area contributed by atoms with Gasteiger partial charge in [0.05, 0.1) is 11.6 Å². The quantitative estimate of drug-likeness (QED) is 0.368. The lowest BCUT2D eigenvalue weighted by Crippen LogP contribution is -2.09. The molecule has 106 valence electrons. The molecular formula is C12H13BrN4O2S. The number of nitrogens with zero attached hydrogens (tertiary/aromatic N) is 2. The molecule has 8 heteroatoms. The van der Waals surface area contributed by atoms with Gasteiger partial charge in [0.15, 0.2) is 5.16 Å². The van der Waals surface area contributed by atoms with Crippen LogP contribution in [0.1, 0.15) is 0 Å². The lowest BCUT2D eigenvalue weighted by Gasteiger charge is -2.10. The number of anilines is 1. The standard InChI is InChI=1S/C12H13BrN4O2S/c1-18-7-3-4-9(8(13)5-7)19-11-6-10(17-14)15-12(16-11)20-2/h3-6H,14H2,1-2H3,(H,15,16,17). The fraction of sp³-hybridized carbons (Fsp3) is 0.167. The van der Waals surface area contributed by atoms with Gasteiger partial charge in [0.2, 0.25) is 5.88 Å². The van der Waals surface area contributed by atoms with Crippen molar-refractivity contribution in [3.63, 3.8) is 0 Å². The Bertz CT molecular complexity index is 590. The van der Waals surface area contributed by atoms with Crippen LogP contribution in [0.4, 0.5) is 5.82 Å². The predicted octanol–water partition coefficient (Wildman–Crippen LogP) is 3.05. The van der Waals surface area contributed by atoms with Gasteiger partial charge >= 0.3 is 0 Å². The molecule has 0 amide bonds. The van der Waals surface area contributed by atoms with Gasteiger partial charge in [0, 0.05) is 6.07 Å². The molecule has 0 saturated heterocycles. The van der Waals surface area contributed by atoms with Gasteiger partial charge in [-0.2, -0.15) is 4.98 Å². The summed E-state index contributed by atoms with van der Waals surface area (Å²) in [4.78, 5) is 8.43. The number of hydrazine groups is 1. The molecule has 1 heterocycles. The highest BCUT2D eigenvalue weighted by molar-refractivity contribution is 9.10. The molecule has 0 radical (unpaired) electrons. The van der Waals surface area contributed by atoms with Crippen LogP contribution >= 0.6 is 27.7 Å². The van der Waals surface area contributed by atoms with E-state index >= 15 is 0 Å². The molecule has 0 aliphatic heterocycles. The summed E-state index contributed by atoms with van der Waals surface area (Å²) in [6.07, 6.45) is 1.88. The summed E-state index contributed by atoms with van der Waals surface area (Å²) in [6, 6.07) is 7.03. The molecule has 0 saturated carbocycles. The van der Waals surface area contributed by atoms with E-state index in [1.807, 2.05) is 12.3 Å². The van der Waals surface area contributed by atoms with Crippen molar-refractivity contribution in [1.82, 2.24) is 9.97 Å². The van der Waals surface area contributed by atoms with Crippen molar-refractivity contribution in [3.8, 4) is 17.4 Å². The van der Waals surface area contributed by atoms with Crippen molar-refractivity contribution in [2.24, 2.45) is 5.84 Å². The third-order valence-corrected chi connectivity index (χ3v) is 3.53. The zero-order chi connectivity index (χ0) is 14.5. The van der Waals surface area contributed by atoms with Gasteiger partial charge in [-0.15, -0.1) is 0 Å². The molecule has 0 aliphatic carbocycles. The number of hydrogen-bond acceptors (Lipinski definition) is 7. The Morgan fingerprint density at radius 1 is 1.30 bits per heavy atom. The summed E-state index contributed by atoms with van der Waals surface area (Å²) in [5.41, 5.74) is 2.48. The number of methoxy groups -OCH3 is 1. The normalized spacial score (nSPS) is 10.2. The molecule has 0 unspecified atom stereocenters. The first-order valence-electron chi connectivity index (χ1n) is 5.57.